The van der Waals surface area contributed by atoms with E-state index in [0.29, 0.717) is 17.4 Å². The number of benzene rings is 2. The Kier molecular flexibility index (Phi) is 4.46. The highest BCUT2D eigenvalue weighted by atomic mass is 35.5. The van der Waals surface area contributed by atoms with Crippen molar-refractivity contribution >= 4 is 11.6 Å². The molecule has 1 atom stereocenters. The topological polar surface area (TPSA) is 29.5 Å². The zero-order valence-electron chi connectivity index (χ0n) is 11.1. The van der Waals surface area contributed by atoms with E-state index in [1.165, 1.54) is 0 Å². The molecule has 0 aliphatic heterocycles. The maximum absolute atomic E-state index is 10.5. The molecular formula is C16H17ClO2. The first-order chi connectivity index (χ1) is 9.13. The number of para-hydroxylation sites is 1. The monoisotopic (exact) mass is 276 g/mol. The predicted molar refractivity (Wildman–Crippen MR) is 77.9 cm³/mol. The van der Waals surface area contributed by atoms with Gasteiger partial charge in [-0.05, 0) is 37.1 Å². The molecule has 0 aromatic heterocycles. The van der Waals surface area contributed by atoms with Crippen LogP contribution in [0.4, 0.5) is 0 Å². The minimum atomic E-state index is -0.735. The SMILES string of the molecule is CCOc1ccccc1C(O)c1ccc(C)c(Cl)c1. The van der Waals surface area contributed by atoms with Gasteiger partial charge in [-0.2, -0.15) is 0 Å². The highest BCUT2D eigenvalue weighted by Gasteiger charge is 2.15. The van der Waals surface area contributed by atoms with Gasteiger partial charge in [0.25, 0.3) is 0 Å². The van der Waals surface area contributed by atoms with Gasteiger partial charge < -0.3 is 9.84 Å². The number of halogens is 1. The first-order valence-electron chi connectivity index (χ1n) is 6.29. The fourth-order valence-corrected chi connectivity index (χ4v) is 2.14. The van der Waals surface area contributed by atoms with Crippen molar-refractivity contribution in [1.82, 2.24) is 0 Å². The summed E-state index contributed by atoms with van der Waals surface area (Å²) >= 11 is 6.10. The van der Waals surface area contributed by atoms with Gasteiger partial charge in [0.15, 0.2) is 0 Å². The molecule has 0 radical (unpaired) electrons. The second-order valence-electron chi connectivity index (χ2n) is 4.38. The lowest BCUT2D eigenvalue weighted by atomic mass is 10.00. The van der Waals surface area contributed by atoms with Crippen LogP contribution in [0.3, 0.4) is 0 Å². The van der Waals surface area contributed by atoms with Crippen LogP contribution in [0.5, 0.6) is 5.75 Å². The average Bonchev–Trinajstić information content (AvgIpc) is 2.42. The zero-order chi connectivity index (χ0) is 13.8. The van der Waals surface area contributed by atoms with Crippen molar-refractivity contribution in [2.75, 3.05) is 6.61 Å². The van der Waals surface area contributed by atoms with E-state index in [0.717, 1.165) is 16.7 Å². The summed E-state index contributed by atoms with van der Waals surface area (Å²) in [6, 6.07) is 13.1. The molecule has 19 heavy (non-hydrogen) atoms. The Hall–Kier alpha value is -1.51. The van der Waals surface area contributed by atoms with Gasteiger partial charge in [-0.25, -0.2) is 0 Å². The van der Waals surface area contributed by atoms with Gasteiger partial charge in [-0.15, -0.1) is 0 Å². The molecule has 3 heteroatoms. The summed E-state index contributed by atoms with van der Waals surface area (Å²) in [7, 11) is 0. The van der Waals surface area contributed by atoms with Crippen molar-refractivity contribution in [3.63, 3.8) is 0 Å². The Morgan fingerprint density at radius 2 is 1.95 bits per heavy atom. The fourth-order valence-electron chi connectivity index (χ4n) is 1.95. The summed E-state index contributed by atoms with van der Waals surface area (Å²) in [4.78, 5) is 0. The van der Waals surface area contributed by atoms with Gasteiger partial charge in [-0.1, -0.05) is 41.9 Å². The first kappa shape index (κ1) is 13.9. The van der Waals surface area contributed by atoms with Crippen LogP contribution in [0, 0.1) is 6.92 Å². The minimum Gasteiger partial charge on any atom is -0.493 e. The summed E-state index contributed by atoms with van der Waals surface area (Å²) in [5.41, 5.74) is 2.52. The summed E-state index contributed by atoms with van der Waals surface area (Å²) in [5.74, 6) is 0.703. The number of hydrogen-bond acceptors (Lipinski definition) is 2. The normalized spacial score (nSPS) is 12.2. The van der Waals surface area contributed by atoms with Crippen LogP contribution in [-0.4, -0.2) is 11.7 Å². The van der Waals surface area contributed by atoms with Gasteiger partial charge in [0.2, 0.25) is 0 Å². The predicted octanol–water partition coefficient (Wildman–Crippen LogP) is 4.13. The second-order valence-corrected chi connectivity index (χ2v) is 4.79. The Labute approximate surface area is 118 Å². The lowest BCUT2D eigenvalue weighted by Gasteiger charge is -2.16. The second kappa shape index (κ2) is 6.09. The highest BCUT2D eigenvalue weighted by Crippen LogP contribution is 2.31. The van der Waals surface area contributed by atoms with Gasteiger partial charge in [0.1, 0.15) is 11.9 Å². The quantitative estimate of drug-likeness (QED) is 0.910. The van der Waals surface area contributed by atoms with E-state index in [9.17, 15) is 5.11 Å². The molecule has 0 aliphatic rings. The molecule has 2 aromatic rings. The van der Waals surface area contributed by atoms with Crippen LogP contribution in [-0.2, 0) is 0 Å². The van der Waals surface area contributed by atoms with E-state index >= 15 is 0 Å². The fraction of sp³-hybridized carbons (Fsp3) is 0.250. The third-order valence-corrected chi connectivity index (χ3v) is 3.43. The maximum atomic E-state index is 10.5. The van der Waals surface area contributed by atoms with Gasteiger partial charge in [-0.3, -0.25) is 0 Å². The standard InChI is InChI=1S/C16H17ClO2/c1-3-19-15-7-5-4-6-13(15)16(18)12-9-8-11(2)14(17)10-12/h4-10,16,18H,3H2,1-2H3. The molecule has 0 heterocycles. The molecule has 0 aliphatic carbocycles. The molecule has 0 amide bonds. The minimum absolute atomic E-state index is 0.568. The molecule has 100 valence electrons. The van der Waals surface area contributed by atoms with E-state index < -0.39 is 6.10 Å². The Bertz CT molecular complexity index is 566. The highest BCUT2D eigenvalue weighted by molar-refractivity contribution is 6.31. The molecule has 0 bridgehead atoms. The molecular weight excluding hydrogens is 260 g/mol. The molecule has 0 spiro atoms. The van der Waals surface area contributed by atoms with Crippen molar-refractivity contribution in [2.45, 2.75) is 20.0 Å². The Morgan fingerprint density at radius 3 is 2.63 bits per heavy atom. The first-order valence-corrected chi connectivity index (χ1v) is 6.67. The van der Waals surface area contributed by atoms with Crippen LogP contribution in [0.25, 0.3) is 0 Å². The number of rotatable bonds is 4. The van der Waals surface area contributed by atoms with E-state index in [1.807, 2.05) is 50.2 Å². The summed E-state index contributed by atoms with van der Waals surface area (Å²) in [6.07, 6.45) is -0.735. The van der Waals surface area contributed by atoms with E-state index in [1.54, 1.807) is 6.07 Å². The Morgan fingerprint density at radius 1 is 1.21 bits per heavy atom. The van der Waals surface area contributed by atoms with Gasteiger partial charge >= 0.3 is 0 Å². The molecule has 2 rings (SSSR count). The lowest BCUT2D eigenvalue weighted by molar-refractivity contribution is 0.212. The molecule has 1 N–H and O–H groups in total. The van der Waals surface area contributed by atoms with Crippen molar-refractivity contribution in [3.05, 3.63) is 64.2 Å². The smallest absolute Gasteiger partial charge is 0.125 e. The third-order valence-electron chi connectivity index (χ3n) is 3.03. The van der Waals surface area contributed by atoms with Crippen LogP contribution < -0.4 is 4.74 Å². The summed E-state index contributed by atoms with van der Waals surface area (Å²) in [5, 5.41) is 11.1. The average molecular weight is 277 g/mol. The number of aliphatic hydroxyl groups excluding tert-OH is 1. The zero-order valence-corrected chi connectivity index (χ0v) is 11.8. The molecule has 0 saturated carbocycles. The number of ether oxygens (including phenoxy) is 1. The number of aliphatic hydroxyl groups is 1. The number of aryl methyl sites for hydroxylation is 1. The van der Waals surface area contributed by atoms with Crippen molar-refractivity contribution < 1.29 is 9.84 Å². The van der Waals surface area contributed by atoms with Crippen molar-refractivity contribution in [2.24, 2.45) is 0 Å². The lowest BCUT2D eigenvalue weighted by Crippen LogP contribution is -2.04. The number of hydrogen-bond donors (Lipinski definition) is 1. The van der Waals surface area contributed by atoms with Crippen molar-refractivity contribution in [1.29, 1.82) is 0 Å². The summed E-state index contributed by atoms with van der Waals surface area (Å²) < 4.78 is 5.54. The third kappa shape index (κ3) is 3.09. The maximum Gasteiger partial charge on any atom is 0.125 e. The van der Waals surface area contributed by atoms with Gasteiger partial charge in [0, 0.05) is 10.6 Å². The van der Waals surface area contributed by atoms with E-state index in [-0.39, 0.29) is 0 Å². The molecule has 1 unspecified atom stereocenters. The Balaban J connectivity index is 2.37. The molecule has 0 saturated heterocycles. The molecule has 2 nitrogen and oxygen atoms in total. The van der Waals surface area contributed by atoms with E-state index in [4.69, 9.17) is 16.3 Å². The van der Waals surface area contributed by atoms with Crippen LogP contribution in [0.1, 0.15) is 29.7 Å². The molecule has 2 aromatic carbocycles. The van der Waals surface area contributed by atoms with Crippen molar-refractivity contribution in [3.8, 4) is 5.75 Å². The van der Waals surface area contributed by atoms with E-state index in [2.05, 4.69) is 0 Å². The summed E-state index contributed by atoms with van der Waals surface area (Å²) in [6.45, 7) is 4.43. The molecule has 0 fully saturated rings. The van der Waals surface area contributed by atoms with Crippen LogP contribution in [0.15, 0.2) is 42.5 Å². The largest absolute Gasteiger partial charge is 0.493 e. The van der Waals surface area contributed by atoms with Crippen LogP contribution in [0.2, 0.25) is 5.02 Å². The van der Waals surface area contributed by atoms with Crippen LogP contribution >= 0.6 is 11.6 Å². The van der Waals surface area contributed by atoms with Gasteiger partial charge in [0.05, 0.1) is 6.61 Å².